The van der Waals surface area contributed by atoms with Crippen molar-refractivity contribution in [3.05, 3.63) is 65.7 Å². The van der Waals surface area contributed by atoms with Crippen molar-refractivity contribution in [3.8, 4) is 0 Å². The van der Waals surface area contributed by atoms with E-state index in [4.69, 9.17) is 0 Å². The zero-order valence-electron chi connectivity index (χ0n) is 11.7. The molecule has 2 aromatic rings. The van der Waals surface area contributed by atoms with Crippen molar-refractivity contribution >= 4 is 29.9 Å². The Morgan fingerprint density at radius 1 is 1.10 bits per heavy atom. The molecule has 6 heteroatoms. The highest BCUT2D eigenvalue weighted by atomic mass is 127. The molecular formula is C15H18FIN4. The van der Waals surface area contributed by atoms with Gasteiger partial charge < -0.3 is 10.6 Å². The summed E-state index contributed by atoms with van der Waals surface area (Å²) in [5.74, 6) is 0.450. The Hall–Kier alpha value is -1.70. The molecule has 4 nitrogen and oxygen atoms in total. The standard InChI is InChI=1S/C15H17FN4.HI/c1-17-15(20-11-14-4-2-3-9-18-14)19-10-12-5-7-13(16)8-6-12;/h2-9H,10-11H2,1H3,(H2,17,19,20);1H. The number of aromatic nitrogens is 1. The maximum Gasteiger partial charge on any atom is 0.191 e. The predicted molar refractivity (Wildman–Crippen MR) is 93.1 cm³/mol. The molecular weight excluding hydrogens is 382 g/mol. The first-order valence-electron chi connectivity index (χ1n) is 6.37. The van der Waals surface area contributed by atoms with E-state index in [0.717, 1.165) is 11.3 Å². The molecule has 0 aliphatic rings. The minimum atomic E-state index is -0.230. The summed E-state index contributed by atoms with van der Waals surface area (Å²) in [5.41, 5.74) is 1.93. The molecule has 0 spiro atoms. The fourth-order valence-corrected chi connectivity index (χ4v) is 1.69. The Labute approximate surface area is 140 Å². The van der Waals surface area contributed by atoms with Crippen LogP contribution in [0.5, 0.6) is 0 Å². The van der Waals surface area contributed by atoms with Gasteiger partial charge in [-0.2, -0.15) is 0 Å². The summed E-state index contributed by atoms with van der Waals surface area (Å²) in [6.07, 6.45) is 1.76. The van der Waals surface area contributed by atoms with Crippen LogP contribution < -0.4 is 10.6 Å². The van der Waals surface area contributed by atoms with Crippen molar-refractivity contribution in [2.24, 2.45) is 4.99 Å². The van der Waals surface area contributed by atoms with Gasteiger partial charge in [-0.1, -0.05) is 18.2 Å². The number of pyridine rings is 1. The summed E-state index contributed by atoms with van der Waals surface area (Å²) >= 11 is 0. The number of guanidine groups is 1. The van der Waals surface area contributed by atoms with Gasteiger partial charge in [0.1, 0.15) is 5.82 Å². The van der Waals surface area contributed by atoms with Crippen LogP contribution in [0.25, 0.3) is 0 Å². The third kappa shape index (κ3) is 6.07. The van der Waals surface area contributed by atoms with Gasteiger partial charge in [-0.05, 0) is 29.8 Å². The molecule has 0 aliphatic carbocycles. The summed E-state index contributed by atoms with van der Waals surface area (Å²) in [6, 6.07) is 12.1. The first-order valence-corrected chi connectivity index (χ1v) is 6.37. The zero-order valence-corrected chi connectivity index (χ0v) is 14.0. The lowest BCUT2D eigenvalue weighted by Gasteiger charge is -2.11. The van der Waals surface area contributed by atoms with E-state index in [1.807, 2.05) is 18.2 Å². The molecule has 0 saturated heterocycles. The summed E-state index contributed by atoms with van der Waals surface area (Å²) in [7, 11) is 1.71. The maximum absolute atomic E-state index is 12.8. The van der Waals surface area contributed by atoms with Crippen LogP contribution in [0, 0.1) is 5.82 Å². The van der Waals surface area contributed by atoms with Crippen LogP contribution in [0.4, 0.5) is 4.39 Å². The van der Waals surface area contributed by atoms with Crippen LogP contribution in [-0.2, 0) is 13.1 Å². The van der Waals surface area contributed by atoms with Crippen molar-refractivity contribution in [3.63, 3.8) is 0 Å². The molecule has 1 aromatic carbocycles. The smallest absolute Gasteiger partial charge is 0.191 e. The van der Waals surface area contributed by atoms with E-state index in [1.54, 1.807) is 25.4 Å². The van der Waals surface area contributed by atoms with E-state index in [2.05, 4.69) is 20.6 Å². The second kappa shape index (κ2) is 9.28. The Morgan fingerprint density at radius 2 is 1.81 bits per heavy atom. The van der Waals surface area contributed by atoms with E-state index < -0.39 is 0 Å². The minimum Gasteiger partial charge on any atom is -0.352 e. The molecule has 0 bridgehead atoms. The van der Waals surface area contributed by atoms with Gasteiger partial charge in [-0.3, -0.25) is 9.98 Å². The first-order chi connectivity index (χ1) is 9.78. The zero-order chi connectivity index (χ0) is 14.2. The van der Waals surface area contributed by atoms with Crippen LogP contribution in [0.2, 0.25) is 0 Å². The molecule has 2 N–H and O–H groups in total. The quantitative estimate of drug-likeness (QED) is 0.472. The third-order valence-electron chi connectivity index (χ3n) is 2.76. The lowest BCUT2D eigenvalue weighted by molar-refractivity contribution is 0.626. The SMILES string of the molecule is CN=C(NCc1ccc(F)cc1)NCc1ccccn1.I. The molecule has 0 atom stereocenters. The molecule has 0 radical (unpaired) electrons. The fraction of sp³-hybridized carbons (Fsp3) is 0.200. The average molecular weight is 400 g/mol. The summed E-state index contributed by atoms with van der Waals surface area (Å²) < 4.78 is 12.8. The van der Waals surface area contributed by atoms with Crippen LogP contribution in [0.3, 0.4) is 0 Å². The van der Waals surface area contributed by atoms with Gasteiger partial charge in [0, 0.05) is 19.8 Å². The van der Waals surface area contributed by atoms with E-state index in [1.165, 1.54) is 12.1 Å². The molecule has 1 heterocycles. The highest BCUT2D eigenvalue weighted by Gasteiger charge is 1.99. The largest absolute Gasteiger partial charge is 0.352 e. The van der Waals surface area contributed by atoms with Crippen molar-refractivity contribution in [1.29, 1.82) is 0 Å². The molecule has 1 aromatic heterocycles. The normalized spacial score (nSPS) is 10.7. The maximum atomic E-state index is 12.8. The van der Waals surface area contributed by atoms with Crippen LogP contribution >= 0.6 is 24.0 Å². The van der Waals surface area contributed by atoms with Crippen molar-refractivity contribution < 1.29 is 4.39 Å². The highest BCUT2D eigenvalue weighted by molar-refractivity contribution is 14.0. The Bertz CT molecular complexity index is 558. The first kappa shape index (κ1) is 17.4. The van der Waals surface area contributed by atoms with Crippen molar-refractivity contribution in [2.45, 2.75) is 13.1 Å². The van der Waals surface area contributed by atoms with Crippen LogP contribution in [0.15, 0.2) is 53.7 Å². The number of hydrogen-bond acceptors (Lipinski definition) is 2. The molecule has 2 rings (SSSR count). The molecule has 0 saturated carbocycles. The minimum absolute atomic E-state index is 0. The van der Waals surface area contributed by atoms with Gasteiger partial charge in [0.05, 0.1) is 12.2 Å². The number of rotatable bonds is 4. The number of benzene rings is 1. The van der Waals surface area contributed by atoms with Crippen LogP contribution in [-0.4, -0.2) is 18.0 Å². The molecule has 0 fully saturated rings. The van der Waals surface area contributed by atoms with Crippen molar-refractivity contribution in [2.75, 3.05) is 7.05 Å². The van der Waals surface area contributed by atoms with Gasteiger partial charge in [-0.15, -0.1) is 24.0 Å². The monoisotopic (exact) mass is 400 g/mol. The Morgan fingerprint density at radius 3 is 2.43 bits per heavy atom. The highest BCUT2D eigenvalue weighted by Crippen LogP contribution is 2.01. The topological polar surface area (TPSA) is 49.3 Å². The van der Waals surface area contributed by atoms with Gasteiger partial charge in [-0.25, -0.2) is 4.39 Å². The summed E-state index contributed by atoms with van der Waals surface area (Å²) in [5, 5.41) is 6.33. The lowest BCUT2D eigenvalue weighted by atomic mass is 10.2. The molecule has 21 heavy (non-hydrogen) atoms. The molecule has 0 amide bonds. The number of hydrogen-bond donors (Lipinski definition) is 2. The van der Waals surface area contributed by atoms with E-state index >= 15 is 0 Å². The van der Waals surface area contributed by atoms with Gasteiger partial charge in [0.2, 0.25) is 0 Å². The number of nitrogens with zero attached hydrogens (tertiary/aromatic N) is 2. The fourth-order valence-electron chi connectivity index (χ4n) is 1.69. The number of nitrogens with one attached hydrogen (secondary N) is 2. The average Bonchev–Trinajstić information content (AvgIpc) is 2.50. The van der Waals surface area contributed by atoms with Gasteiger partial charge >= 0.3 is 0 Å². The second-order valence-electron chi connectivity index (χ2n) is 4.23. The van der Waals surface area contributed by atoms with Crippen molar-refractivity contribution in [1.82, 2.24) is 15.6 Å². The van der Waals surface area contributed by atoms with Crippen LogP contribution in [0.1, 0.15) is 11.3 Å². The summed E-state index contributed by atoms with van der Waals surface area (Å²) in [6.45, 7) is 1.19. The third-order valence-corrected chi connectivity index (χ3v) is 2.76. The molecule has 112 valence electrons. The predicted octanol–water partition coefficient (Wildman–Crippen LogP) is 2.70. The Kier molecular flexibility index (Phi) is 7.66. The van der Waals surface area contributed by atoms with E-state index in [0.29, 0.717) is 19.0 Å². The van der Waals surface area contributed by atoms with E-state index in [-0.39, 0.29) is 29.8 Å². The van der Waals surface area contributed by atoms with Gasteiger partial charge in [0.25, 0.3) is 0 Å². The molecule has 0 aliphatic heterocycles. The summed E-state index contributed by atoms with van der Waals surface area (Å²) in [4.78, 5) is 8.35. The lowest BCUT2D eigenvalue weighted by Crippen LogP contribution is -2.36. The van der Waals surface area contributed by atoms with E-state index in [9.17, 15) is 4.39 Å². The van der Waals surface area contributed by atoms with Gasteiger partial charge in [0.15, 0.2) is 5.96 Å². The Balaban J connectivity index is 0.00000220. The number of aliphatic imine (C=N–C) groups is 1. The number of halogens is 2. The molecule has 0 unspecified atom stereocenters. The second-order valence-corrected chi connectivity index (χ2v) is 4.23.